The Morgan fingerprint density at radius 1 is 0.846 bits per heavy atom. The average Bonchev–Trinajstić information content (AvgIpc) is 2.62. The van der Waals surface area contributed by atoms with Gasteiger partial charge in [-0.15, -0.1) is 0 Å². The van der Waals surface area contributed by atoms with Crippen molar-refractivity contribution in [2.45, 2.75) is 5.92 Å². The van der Waals surface area contributed by atoms with Crippen LogP contribution < -0.4 is 9.82 Å². The van der Waals surface area contributed by atoms with Gasteiger partial charge in [-0.1, -0.05) is 60.7 Å². The van der Waals surface area contributed by atoms with Crippen LogP contribution in [-0.2, 0) is 11.8 Å². The first-order chi connectivity index (χ1) is 12.5. The molecular formula is C20H20NO3PS. The van der Waals surface area contributed by atoms with Gasteiger partial charge in [-0.25, -0.2) is 0 Å². The van der Waals surface area contributed by atoms with Crippen molar-refractivity contribution < 1.29 is 14.5 Å². The maximum atomic E-state index is 9.63. The van der Waals surface area contributed by atoms with E-state index in [9.17, 15) is 9.79 Å². The second-order valence-electron chi connectivity index (χ2n) is 5.91. The molecule has 4 nitrogen and oxygen atoms in total. The molecule has 0 radical (unpaired) electrons. The van der Waals surface area contributed by atoms with Crippen LogP contribution in [0.3, 0.4) is 0 Å². The number of rotatable bonds is 6. The normalized spacial score (nSPS) is 11.4. The molecule has 0 aliphatic heterocycles. The van der Waals surface area contributed by atoms with Crippen LogP contribution in [0.15, 0.2) is 78.9 Å². The largest absolute Gasteiger partial charge is 0.497 e. The summed E-state index contributed by atoms with van der Waals surface area (Å²) < 4.78 is 5.41. The van der Waals surface area contributed by atoms with Crippen LogP contribution in [0.4, 0.5) is 5.69 Å². The van der Waals surface area contributed by atoms with Gasteiger partial charge in [0.1, 0.15) is 5.75 Å². The van der Waals surface area contributed by atoms with Crippen molar-refractivity contribution in [3.05, 3.63) is 95.6 Å². The Morgan fingerprint density at radius 2 is 1.38 bits per heavy atom. The van der Waals surface area contributed by atoms with Gasteiger partial charge >= 0.3 is 0 Å². The molecule has 0 bridgehead atoms. The van der Waals surface area contributed by atoms with Gasteiger partial charge in [-0.05, 0) is 40.6 Å². The van der Waals surface area contributed by atoms with E-state index in [1.807, 2.05) is 48.5 Å². The summed E-state index contributed by atoms with van der Waals surface area (Å²) in [6, 6.07) is 25.8. The smallest absolute Gasteiger partial charge is 0.282 e. The first-order valence-electron chi connectivity index (χ1n) is 8.09. The van der Waals surface area contributed by atoms with Gasteiger partial charge in [0.05, 0.1) is 7.11 Å². The third-order valence-corrected chi connectivity index (χ3v) is 4.86. The van der Waals surface area contributed by atoms with Crippen molar-refractivity contribution in [2.75, 3.05) is 12.2 Å². The predicted molar refractivity (Wildman–Crippen MR) is 109 cm³/mol. The molecule has 0 heterocycles. The summed E-state index contributed by atoms with van der Waals surface area (Å²) >= 11 is 4.71. The van der Waals surface area contributed by atoms with Gasteiger partial charge in [0.2, 0.25) is 0 Å². The van der Waals surface area contributed by atoms with E-state index in [1.54, 1.807) is 13.2 Å². The summed E-state index contributed by atoms with van der Waals surface area (Å²) in [5.41, 5.74) is 3.74. The molecule has 6 heteroatoms. The van der Waals surface area contributed by atoms with Crippen LogP contribution in [0, 0.1) is 0 Å². The van der Waals surface area contributed by atoms with Crippen molar-refractivity contribution in [3.8, 4) is 5.75 Å². The Hall–Kier alpha value is -2.17. The lowest BCUT2D eigenvalue weighted by atomic mass is 9.85. The number of hydrogen-bond donors (Lipinski definition) is 3. The van der Waals surface area contributed by atoms with Crippen molar-refractivity contribution in [3.63, 3.8) is 0 Å². The number of methoxy groups -OCH3 is 1. The Balaban J connectivity index is 2.15. The highest BCUT2D eigenvalue weighted by Crippen LogP contribution is 2.40. The molecule has 0 aliphatic carbocycles. The fourth-order valence-corrected chi connectivity index (χ4v) is 3.79. The summed E-state index contributed by atoms with van der Waals surface area (Å²) in [6.45, 7) is -3.58. The lowest BCUT2D eigenvalue weighted by Gasteiger charge is -2.21. The van der Waals surface area contributed by atoms with Gasteiger partial charge in [0.25, 0.3) is 6.64 Å². The lowest BCUT2D eigenvalue weighted by molar-refractivity contribution is 0.414. The van der Waals surface area contributed by atoms with E-state index in [0.717, 1.165) is 16.7 Å². The zero-order valence-electron chi connectivity index (χ0n) is 14.2. The van der Waals surface area contributed by atoms with Crippen LogP contribution in [0.2, 0.25) is 0 Å². The van der Waals surface area contributed by atoms with Crippen molar-refractivity contribution in [1.82, 2.24) is 0 Å². The predicted octanol–water partition coefficient (Wildman–Crippen LogP) is 4.50. The molecule has 3 aromatic rings. The summed E-state index contributed by atoms with van der Waals surface area (Å²) in [5, 5.41) is 2.61. The molecule has 0 saturated heterocycles. The SMILES string of the molecule is COc1cc(NP(O)(O)=S)cc(C(c2ccccc2)c2ccccc2)c1. The number of hydrogen-bond acceptors (Lipinski definition) is 2. The summed E-state index contributed by atoms with van der Waals surface area (Å²) in [5.74, 6) is 0.591. The molecule has 0 fully saturated rings. The van der Waals surface area contributed by atoms with Crippen LogP contribution >= 0.6 is 6.64 Å². The molecule has 3 rings (SSSR count). The molecule has 3 N–H and O–H groups in total. The minimum atomic E-state index is -3.58. The van der Waals surface area contributed by atoms with E-state index in [4.69, 9.17) is 16.5 Å². The Morgan fingerprint density at radius 3 is 1.85 bits per heavy atom. The minimum Gasteiger partial charge on any atom is -0.497 e. The van der Waals surface area contributed by atoms with Crippen molar-refractivity contribution >= 4 is 24.1 Å². The van der Waals surface area contributed by atoms with E-state index in [1.165, 1.54) is 0 Å². The molecule has 0 unspecified atom stereocenters. The summed E-state index contributed by atoms with van der Waals surface area (Å²) in [7, 11) is 1.58. The van der Waals surface area contributed by atoms with E-state index >= 15 is 0 Å². The highest BCUT2D eigenvalue weighted by molar-refractivity contribution is 8.09. The van der Waals surface area contributed by atoms with E-state index in [2.05, 4.69) is 29.4 Å². The highest BCUT2D eigenvalue weighted by atomic mass is 32.5. The number of anilines is 1. The molecule has 0 saturated carbocycles. The number of nitrogens with one attached hydrogen (secondary N) is 1. The van der Waals surface area contributed by atoms with Crippen LogP contribution in [0.5, 0.6) is 5.75 Å². The second-order valence-corrected chi connectivity index (χ2v) is 8.74. The molecule has 3 aromatic carbocycles. The highest BCUT2D eigenvalue weighted by Gasteiger charge is 2.19. The van der Waals surface area contributed by atoms with Crippen LogP contribution in [-0.4, -0.2) is 16.9 Å². The Bertz CT molecular complexity index is 873. The van der Waals surface area contributed by atoms with Crippen molar-refractivity contribution in [2.24, 2.45) is 0 Å². The van der Waals surface area contributed by atoms with Crippen LogP contribution in [0.1, 0.15) is 22.6 Å². The molecule has 0 spiro atoms. The third kappa shape index (κ3) is 4.71. The molecule has 134 valence electrons. The zero-order valence-corrected chi connectivity index (χ0v) is 16.0. The molecule has 0 amide bonds. The van der Waals surface area contributed by atoms with E-state index in [0.29, 0.717) is 11.4 Å². The van der Waals surface area contributed by atoms with Crippen LogP contribution in [0.25, 0.3) is 0 Å². The quantitative estimate of drug-likeness (QED) is 0.431. The fourth-order valence-electron chi connectivity index (χ4n) is 3.01. The van der Waals surface area contributed by atoms with Gasteiger partial charge in [0.15, 0.2) is 0 Å². The number of benzene rings is 3. The van der Waals surface area contributed by atoms with E-state index < -0.39 is 6.64 Å². The standard InChI is InChI=1S/C20H20NO3PS/c1-24-19-13-17(12-18(14-19)21-25(22,23)26)20(15-8-4-2-5-9-15)16-10-6-3-7-11-16/h2-14,20H,1H3,(H3,21,22,23,26). The zero-order chi connectivity index (χ0) is 18.6. The third-order valence-electron chi connectivity index (χ3n) is 4.04. The molecule has 0 atom stereocenters. The van der Waals surface area contributed by atoms with Gasteiger partial charge in [-0.2, -0.15) is 0 Å². The maximum Gasteiger partial charge on any atom is 0.282 e. The van der Waals surface area contributed by atoms with Crippen molar-refractivity contribution in [1.29, 1.82) is 0 Å². The van der Waals surface area contributed by atoms with Gasteiger partial charge in [-0.3, -0.25) is 0 Å². The molecule has 0 aromatic heterocycles. The van der Waals surface area contributed by atoms with E-state index in [-0.39, 0.29) is 5.92 Å². The lowest BCUT2D eigenvalue weighted by Crippen LogP contribution is -2.05. The maximum absolute atomic E-state index is 9.63. The topological polar surface area (TPSA) is 61.7 Å². The summed E-state index contributed by atoms with van der Waals surface area (Å²) in [6.07, 6.45) is 0. The van der Waals surface area contributed by atoms with Gasteiger partial charge in [0, 0.05) is 17.7 Å². The monoisotopic (exact) mass is 385 g/mol. The van der Waals surface area contributed by atoms with Gasteiger partial charge < -0.3 is 19.6 Å². The molecule has 0 aliphatic rings. The summed E-state index contributed by atoms with van der Waals surface area (Å²) in [4.78, 5) is 19.3. The molecular weight excluding hydrogens is 365 g/mol. The average molecular weight is 385 g/mol. The second kappa shape index (κ2) is 8.02. The molecule has 26 heavy (non-hydrogen) atoms. The first-order valence-corrected chi connectivity index (χ1v) is 10.8. The number of ether oxygens (including phenoxy) is 1. The fraction of sp³-hybridized carbons (Fsp3) is 0.100. The Labute approximate surface area is 158 Å². The minimum absolute atomic E-state index is 0.0247. The Kier molecular flexibility index (Phi) is 5.74. The first kappa shape index (κ1) is 18.6.